The zero-order valence-corrected chi connectivity index (χ0v) is 10.4. The summed E-state index contributed by atoms with van der Waals surface area (Å²) in [6.07, 6.45) is 4.47. The third-order valence-electron chi connectivity index (χ3n) is 2.52. The van der Waals surface area contributed by atoms with Crippen molar-refractivity contribution < 1.29 is 14.7 Å². The molecule has 0 aliphatic carbocycles. The molecule has 1 aromatic heterocycles. The molecule has 1 aromatic rings. The second kappa shape index (κ2) is 7.42. The summed E-state index contributed by atoms with van der Waals surface area (Å²) in [4.78, 5) is 25.9. The molecule has 0 aliphatic heterocycles. The monoisotopic (exact) mass is 250 g/mol. The van der Waals surface area contributed by atoms with E-state index in [4.69, 9.17) is 5.11 Å². The van der Waals surface area contributed by atoms with Crippen molar-refractivity contribution in [2.75, 3.05) is 6.54 Å². The molecule has 18 heavy (non-hydrogen) atoms. The minimum absolute atomic E-state index is 0.0238. The van der Waals surface area contributed by atoms with Crippen LogP contribution >= 0.6 is 0 Å². The van der Waals surface area contributed by atoms with Crippen molar-refractivity contribution >= 4 is 11.9 Å². The second-order valence-corrected chi connectivity index (χ2v) is 4.37. The summed E-state index contributed by atoms with van der Waals surface area (Å²) in [5.41, 5.74) is 1.07. The van der Waals surface area contributed by atoms with E-state index < -0.39 is 5.97 Å². The fraction of sp³-hybridized carbons (Fsp3) is 0.462. The predicted octanol–water partition coefficient (Wildman–Crippen LogP) is 1.24. The first-order chi connectivity index (χ1) is 8.58. The molecular weight excluding hydrogens is 232 g/mol. The van der Waals surface area contributed by atoms with E-state index in [1.54, 1.807) is 19.3 Å². The Morgan fingerprint density at radius 2 is 2.22 bits per heavy atom. The summed E-state index contributed by atoms with van der Waals surface area (Å²) >= 11 is 0. The number of aliphatic carboxylic acids is 1. The fourth-order valence-electron chi connectivity index (χ4n) is 1.65. The topological polar surface area (TPSA) is 79.3 Å². The van der Waals surface area contributed by atoms with Gasteiger partial charge in [0.1, 0.15) is 0 Å². The van der Waals surface area contributed by atoms with Gasteiger partial charge in [-0.3, -0.25) is 14.6 Å². The van der Waals surface area contributed by atoms with Gasteiger partial charge in [0.2, 0.25) is 5.91 Å². The first kappa shape index (κ1) is 14.2. The van der Waals surface area contributed by atoms with Gasteiger partial charge in [-0.1, -0.05) is 13.0 Å². The lowest BCUT2D eigenvalue weighted by Gasteiger charge is -2.09. The van der Waals surface area contributed by atoms with Crippen molar-refractivity contribution in [3.8, 4) is 0 Å². The molecule has 1 amide bonds. The Morgan fingerprint density at radius 1 is 1.44 bits per heavy atom. The van der Waals surface area contributed by atoms with E-state index in [0.29, 0.717) is 6.54 Å². The highest BCUT2D eigenvalue weighted by Crippen LogP contribution is 2.06. The maximum Gasteiger partial charge on any atom is 0.303 e. The van der Waals surface area contributed by atoms with E-state index in [9.17, 15) is 9.59 Å². The van der Waals surface area contributed by atoms with E-state index >= 15 is 0 Å². The number of carboxylic acids is 1. The van der Waals surface area contributed by atoms with Crippen molar-refractivity contribution in [1.82, 2.24) is 10.3 Å². The number of rotatable bonds is 7. The van der Waals surface area contributed by atoms with Crippen LogP contribution in [0.4, 0.5) is 0 Å². The van der Waals surface area contributed by atoms with Crippen LogP contribution in [0.15, 0.2) is 24.5 Å². The summed E-state index contributed by atoms with van der Waals surface area (Å²) in [7, 11) is 0. The number of aromatic nitrogens is 1. The number of nitrogens with one attached hydrogen (secondary N) is 1. The van der Waals surface area contributed by atoms with E-state index in [2.05, 4.69) is 10.3 Å². The zero-order chi connectivity index (χ0) is 13.4. The SMILES string of the molecule is CC(CC(=O)O)CC(=O)NCCc1cccnc1. The Bertz CT molecular complexity index is 392. The molecule has 5 nitrogen and oxygen atoms in total. The molecule has 1 unspecified atom stereocenters. The number of hydrogen-bond donors (Lipinski definition) is 2. The molecule has 0 radical (unpaired) electrons. The fourth-order valence-corrected chi connectivity index (χ4v) is 1.65. The molecule has 0 fully saturated rings. The molecule has 1 heterocycles. The van der Waals surface area contributed by atoms with Crippen molar-refractivity contribution in [2.24, 2.45) is 5.92 Å². The van der Waals surface area contributed by atoms with Crippen LogP contribution in [-0.4, -0.2) is 28.5 Å². The largest absolute Gasteiger partial charge is 0.481 e. The molecule has 5 heteroatoms. The smallest absolute Gasteiger partial charge is 0.303 e. The third kappa shape index (κ3) is 5.98. The van der Waals surface area contributed by atoms with Gasteiger partial charge in [-0.05, 0) is 24.0 Å². The highest BCUT2D eigenvalue weighted by Gasteiger charge is 2.11. The van der Waals surface area contributed by atoms with Gasteiger partial charge in [0.05, 0.1) is 0 Å². The molecule has 98 valence electrons. The Hall–Kier alpha value is -1.91. The number of pyridine rings is 1. The summed E-state index contributed by atoms with van der Waals surface area (Å²) < 4.78 is 0. The molecule has 1 rings (SSSR count). The van der Waals surface area contributed by atoms with Crippen LogP contribution in [0.3, 0.4) is 0 Å². The molecule has 2 N–H and O–H groups in total. The highest BCUT2D eigenvalue weighted by atomic mass is 16.4. The van der Waals surface area contributed by atoms with Gasteiger partial charge in [-0.2, -0.15) is 0 Å². The van der Waals surface area contributed by atoms with Crippen LogP contribution in [0.1, 0.15) is 25.3 Å². The molecule has 0 aromatic carbocycles. The molecule has 0 bridgehead atoms. The normalized spacial score (nSPS) is 11.8. The molecule has 0 saturated heterocycles. The average molecular weight is 250 g/mol. The van der Waals surface area contributed by atoms with Crippen LogP contribution in [0.5, 0.6) is 0 Å². The molecule has 1 atom stereocenters. The predicted molar refractivity (Wildman–Crippen MR) is 67.0 cm³/mol. The third-order valence-corrected chi connectivity index (χ3v) is 2.52. The van der Waals surface area contributed by atoms with E-state index in [1.165, 1.54) is 0 Å². The number of hydrogen-bond acceptors (Lipinski definition) is 3. The first-order valence-electron chi connectivity index (χ1n) is 5.95. The van der Waals surface area contributed by atoms with Crippen molar-refractivity contribution in [3.05, 3.63) is 30.1 Å². The van der Waals surface area contributed by atoms with Crippen LogP contribution < -0.4 is 5.32 Å². The molecule has 0 saturated carbocycles. The van der Waals surface area contributed by atoms with Crippen LogP contribution in [-0.2, 0) is 16.0 Å². The van der Waals surface area contributed by atoms with Crippen LogP contribution in [0.25, 0.3) is 0 Å². The quantitative estimate of drug-likeness (QED) is 0.763. The Morgan fingerprint density at radius 3 is 2.83 bits per heavy atom. The Kier molecular flexibility index (Phi) is 5.84. The second-order valence-electron chi connectivity index (χ2n) is 4.37. The molecule has 0 spiro atoms. The van der Waals surface area contributed by atoms with E-state index in [-0.39, 0.29) is 24.7 Å². The standard InChI is InChI=1S/C13H18N2O3/c1-10(8-13(17)18)7-12(16)15-6-4-11-3-2-5-14-9-11/h2-3,5,9-10H,4,6-8H2,1H3,(H,15,16)(H,17,18). The summed E-state index contributed by atoms with van der Waals surface area (Å²) in [6, 6.07) is 3.80. The number of nitrogens with zero attached hydrogens (tertiary/aromatic N) is 1. The zero-order valence-electron chi connectivity index (χ0n) is 10.4. The lowest BCUT2D eigenvalue weighted by Crippen LogP contribution is -2.27. The molecule has 0 aliphatic rings. The van der Waals surface area contributed by atoms with Gasteiger partial charge in [-0.25, -0.2) is 0 Å². The maximum absolute atomic E-state index is 11.5. The highest BCUT2D eigenvalue weighted by molar-refractivity contribution is 5.77. The number of carboxylic acid groups (broad SMARTS) is 1. The van der Waals surface area contributed by atoms with Crippen LogP contribution in [0.2, 0.25) is 0 Å². The van der Waals surface area contributed by atoms with Gasteiger partial charge in [0, 0.05) is 31.8 Å². The summed E-state index contributed by atoms with van der Waals surface area (Å²) in [5.74, 6) is -1.11. The number of carbonyl (C=O) groups excluding carboxylic acids is 1. The summed E-state index contributed by atoms with van der Waals surface area (Å²) in [6.45, 7) is 2.30. The number of amides is 1. The Labute approximate surface area is 106 Å². The van der Waals surface area contributed by atoms with Gasteiger partial charge >= 0.3 is 5.97 Å². The molecular formula is C13H18N2O3. The average Bonchev–Trinajstić information content (AvgIpc) is 2.29. The number of carbonyl (C=O) groups is 2. The van der Waals surface area contributed by atoms with Crippen molar-refractivity contribution in [1.29, 1.82) is 0 Å². The van der Waals surface area contributed by atoms with Gasteiger partial charge in [-0.15, -0.1) is 0 Å². The van der Waals surface area contributed by atoms with Gasteiger partial charge in [0.15, 0.2) is 0 Å². The Balaban J connectivity index is 2.19. The summed E-state index contributed by atoms with van der Waals surface area (Å²) in [5, 5.41) is 11.4. The first-order valence-corrected chi connectivity index (χ1v) is 5.95. The maximum atomic E-state index is 11.5. The minimum Gasteiger partial charge on any atom is -0.481 e. The minimum atomic E-state index is -0.870. The lowest BCUT2D eigenvalue weighted by molar-refractivity contribution is -0.138. The van der Waals surface area contributed by atoms with Gasteiger partial charge in [0.25, 0.3) is 0 Å². The van der Waals surface area contributed by atoms with Crippen molar-refractivity contribution in [3.63, 3.8) is 0 Å². The van der Waals surface area contributed by atoms with Crippen LogP contribution in [0, 0.1) is 5.92 Å². The van der Waals surface area contributed by atoms with Crippen molar-refractivity contribution in [2.45, 2.75) is 26.2 Å². The lowest BCUT2D eigenvalue weighted by atomic mass is 10.0. The van der Waals surface area contributed by atoms with Gasteiger partial charge < -0.3 is 10.4 Å². The van der Waals surface area contributed by atoms with E-state index in [0.717, 1.165) is 12.0 Å². The van der Waals surface area contributed by atoms with E-state index in [1.807, 2.05) is 12.1 Å².